The summed E-state index contributed by atoms with van der Waals surface area (Å²) in [5.74, 6) is -1.58. The van der Waals surface area contributed by atoms with Crippen molar-refractivity contribution in [2.75, 3.05) is 11.9 Å². The lowest BCUT2D eigenvalue weighted by Gasteiger charge is -2.15. The summed E-state index contributed by atoms with van der Waals surface area (Å²) in [4.78, 5) is 36.1. The van der Waals surface area contributed by atoms with E-state index in [0.717, 1.165) is 11.3 Å². The van der Waals surface area contributed by atoms with Crippen LogP contribution in [-0.2, 0) is 9.59 Å². The Kier molecular flexibility index (Phi) is 7.66. The minimum Gasteiger partial charge on any atom is -0.376 e. The van der Waals surface area contributed by atoms with E-state index in [-0.39, 0.29) is 22.2 Å². The van der Waals surface area contributed by atoms with E-state index in [1.807, 2.05) is 31.2 Å². The molecule has 1 unspecified atom stereocenters. The fraction of sp³-hybridized carbons (Fsp3) is 0.211. The molecule has 9 heteroatoms. The van der Waals surface area contributed by atoms with Crippen LogP contribution < -0.4 is 21.5 Å². The fourth-order valence-electron chi connectivity index (χ4n) is 2.16. The first-order valence-electron chi connectivity index (χ1n) is 8.42. The number of halogens is 2. The molecular formula is C19H20Cl2N4O3. The summed E-state index contributed by atoms with van der Waals surface area (Å²) in [7, 11) is 0. The lowest BCUT2D eigenvalue weighted by Crippen LogP contribution is -2.52. The highest BCUT2D eigenvalue weighted by Gasteiger charge is 2.19. The summed E-state index contributed by atoms with van der Waals surface area (Å²) in [6.07, 6.45) is 0. The van der Waals surface area contributed by atoms with Crippen LogP contribution in [0.15, 0.2) is 42.5 Å². The average molecular weight is 423 g/mol. The molecule has 0 bridgehead atoms. The maximum atomic E-state index is 12.2. The van der Waals surface area contributed by atoms with Gasteiger partial charge in [-0.25, -0.2) is 0 Å². The standard InChI is InChI=1S/C19H20Cl2N4O3/c1-11-6-8-13(9-7-11)22-10-16(26)24-25-18(27)12(2)23-19(28)14-4-3-5-15(20)17(14)21/h3-9,12,22H,10H2,1-2H3,(H,23,28)(H,24,26)(H,25,27). The lowest BCUT2D eigenvalue weighted by atomic mass is 10.2. The van der Waals surface area contributed by atoms with E-state index in [2.05, 4.69) is 21.5 Å². The number of hydrogen-bond acceptors (Lipinski definition) is 4. The van der Waals surface area contributed by atoms with Crippen molar-refractivity contribution in [3.63, 3.8) is 0 Å². The predicted molar refractivity (Wildman–Crippen MR) is 109 cm³/mol. The molecule has 0 aliphatic heterocycles. The highest BCUT2D eigenvalue weighted by Crippen LogP contribution is 2.25. The van der Waals surface area contributed by atoms with Crippen molar-refractivity contribution >= 4 is 46.6 Å². The van der Waals surface area contributed by atoms with E-state index in [0.29, 0.717) is 0 Å². The Hall–Kier alpha value is -2.77. The third-order valence-electron chi connectivity index (χ3n) is 3.77. The number of hydrazine groups is 1. The zero-order chi connectivity index (χ0) is 20.7. The monoisotopic (exact) mass is 422 g/mol. The Morgan fingerprint density at radius 1 is 1.00 bits per heavy atom. The second-order valence-corrected chi connectivity index (χ2v) is 6.84. The van der Waals surface area contributed by atoms with Crippen molar-refractivity contribution in [2.24, 2.45) is 0 Å². The second-order valence-electron chi connectivity index (χ2n) is 6.05. The van der Waals surface area contributed by atoms with Gasteiger partial charge in [-0.2, -0.15) is 0 Å². The molecule has 2 aromatic rings. The van der Waals surface area contributed by atoms with Crippen LogP contribution in [0, 0.1) is 6.92 Å². The van der Waals surface area contributed by atoms with Crippen molar-refractivity contribution in [1.29, 1.82) is 0 Å². The molecule has 0 radical (unpaired) electrons. The molecular weight excluding hydrogens is 403 g/mol. The first-order chi connectivity index (χ1) is 13.3. The number of benzene rings is 2. The van der Waals surface area contributed by atoms with Crippen LogP contribution >= 0.6 is 23.2 Å². The Morgan fingerprint density at radius 3 is 2.36 bits per heavy atom. The molecule has 7 nitrogen and oxygen atoms in total. The predicted octanol–water partition coefficient (Wildman–Crippen LogP) is 2.68. The Morgan fingerprint density at radius 2 is 1.68 bits per heavy atom. The maximum Gasteiger partial charge on any atom is 0.260 e. The van der Waals surface area contributed by atoms with E-state index in [4.69, 9.17) is 23.2 Å². The van der Waals surface area contributed by atoms with Crippen LogP contribution in [0.5, 0.6) is 0 Å². The number of carbonyl (C=O) groups excluding carboxylic acids is 3. The molecule has 0 fully saturated rings. The van der Waals surface area contributed by atoms with E-state index in [1.165, 1.54) is 13.0 Å². The van der Waals surface area contributed by atoms with Gasteiger partial charge in [0, 0.05) is 5.69 Å². The second kappa shape index (κ2) is 9.96. The first-order valence-corrected chi connectivity index (χ1v) is 9.17. The van der Waals surface area contributed by atoms with Gasteiger partial charge in [-0.1, -0.05) is 47.0 Å². The van der Waals surface area contributed by atoms with Crippen LogP contribution in [0.1, 0.15) is 22.8 Å². The molecule has 3 amide bonds. The summed E-state index contributed by atoms with van der Waals surface area (Å²) in [6, 6.07) is 11.2. The number of amides is 3. The topological polar surface area (TPSA) is 99.3 Å². The largest absolute Gasteiger partial charge is 0.376 e. The highest BCUT2D eigenvalue weighted by molar-refractivity contribution is 6.43. The van der Waals surface area contributed by atoms with E-state index in [1.54, 1.807) is 12.1 Å². The highest BCUT2D eigenvalue weighted by atomic mass is 35.5. The average Bonchev–Trinajstić information content (AvgIpc) is 2.67. The molecule has 2 rings (SSSR count). The van der Waals surface area contributed by atoms with Gasteiger partial charge in [0.15, 0.2) is 0 Å². The fourth-order valence-corrected chi connectivity index (χ4v) is 2.54. The van der Waals surface area contributed by atoms with Gasteiger partial charge < -0.3 is 10.6 Å². The normalized spacial score (nSPS) is 11.3. The summed E-state index contributed by atoms with van der Waals surface area (Å²) in [6.45, 7) is 3.41. The zero-order valence-corrected chi connectivity index (χ0v) is 16.8. The SMILES string of the molecule is Cc1ccc(NCC(=O)NNC(=O)C(C)NC(=O)c2cccc(Cl)c2Cl)cc1. The molecule has 0 heterocycles. The smallest absolute Gasteiger partial charge is 0.260 e. The van der Waals surface area contributed by atoms with Crippen molar-refractivity contribution in [1.82, 2.24) is 16.2 Å². The quantitative estimate of drug-likeness (QED) is 0.537. The summed E-state index contributed by atoms with van der Waals surface area (Å²) in [5, 5.41) is 5.76. The Balaban J connectivity index is 1.78. The molecule has 0 spiro atoms. The number of rotatable bonds is 6. The molecule has 1 atom stereocenters. The van der Waals surface area contributed by atoms with Gasteiger partial charge in [0.2, 0.25) is 0 Å². The van der Waals surface area contributed by atoms with Gasteiger partial charge in [0.25, 0.3) is 17.7 Å². The van der Waals surface area contributed by atoms with Crippen molar-refractivity contribution < 1.29 is 14.4 Å². The summed E-state index contributed by atoms with van der Waals surface area (Å²) in [5.41, 5.74) is 6.58. The number of hydrogen-bond donors (Lipinski definition) is 4. The molecule has 0 saturated heterocycles. The minimum atomic E-state index is -0.909. The Bertz CT molecular complexity index is 872. The molecule has 2 aromatic carbocycles. The van der Waals surface area contributed by atoms with Gasteiger partial charge in [-0.15, -0.1) is 0 Å². The summed E-state index contributed by atoms with van der Waals surface area (Å²) < 4.78 is 0. The Labute approximate surface area is 172 Å². The third kappa shape index (κ3) is 6.14. The minimum absolute atomic E-state index is 0.0256. The molecule has 0 aliphatic rings. The molecule has 28 heavy (non-hydrogen) atoms. The number of anilines is 1. The zero-order valence-electron chi connectivity index (χ0n) is 15.3. The molecule has 0 saturated carbocycles. The van der Waals surface area contributed by atoms with Gasteiger partial charge >= 0.3 is 0 Å². The molecule has 148 valence electrons. The van der Waals surface area contributed by atoms with Crippen molar-refractivity contribution in [2.45, 2.75) is 19.9 Å². The van der Waals surface area contributed by atoms with Crippen molar-refractivity contribution in [3.05, 3.63) is 63.6 Å². The van der Waals surface area contributed by atoms with E-state index >= 15 is 0 Å². The molecule has 4 N–H and O–H groups in total. The van der Waals surface area contributed by atoms with Crippen molar-refractivity contribution in [3.8, 4) is 0 Å². The molecule has 0 aromatic heterocycles. The molecule has 0 aliphatic carbocycles. The number of carbonyl (C=O) groups is 3. The van der Waals surface area contributed by atoms with Gasteiger partial charge in [-0.3, -0.25) is 25.2 Å². The van der Waals surface area contributed by atoms with E-state index in [9.17, 15) is 14.4 Å². The van der Waals surface area contributed by atoms with Gasteiger partial charge in [-0.05, 0) is 38.1 Å². The number of nitrogens with one attached hydrogen (secondary N) is 4. The number of aryl methyl sites for hydroxylation is 1. The third-order valence-corrected chi connectivity index (χ3v) is 4.59. The summed E-state index contributed by atoms with van der Waals surface area (Å²) >= 11 is 11.9. The lowest BCUT2D eigenvalue weighted by molar-refractivity contribution is -0.128. The van der Waals surface area contributed by atoms with Gasteiger partial charge in [0.1, 0.15) is 6.04 Å². The van der Waals surface area contributed by atoms with Crippen LogP contribution in [-0.4, -0.2) is 30.3 Å². The van der Waals surface area contributed by atoms with Crippen LogP contribution in [0.2, 0.25) is 10.0 Å². The van der Waals surface area contributed by atoms with Gasteiger partial charge in [0.05, 0.1) is 22.2 Å². The first kappa shape index (κ1) is 21.5. The van der Waals surface area contributed by atoms with Crippen LogP contribution in [0.25, 0.3) is 0 Å². The maximum absolute atomic E-state index is 12.2. The van der Waals surface area contributed by atoms with Crippen LogP contribution in [0.3, 0.4) is 0 Å². The van der Waals surface area contributed by atoms with E-state index < -0.39 is 23.8 Å². The van der Waals surface area contributed by atoms with Crippen LogP contribution in [0.4, 0.5) is 5.69 Å².